The maximum Gasteiger partial charge on any atom is 0.122 e. The molecule has 0 bridgehead atoms. The quantitative estimate of drug-likeness (QED) is 0.925. The maximum absolute atomic E-state index is 6.02. The number of halogens is 1. The van der Waals surface area contributed by atoms with Crippen LogP contribution in [0.4, 0.5) is 0 Å². The number of nitrogens with two attached hydrogens (primary N) is 1. The van der Waals surface area contributed by atoms with E-state index in [1.54, 1.807) is 11.3 Å². The zero-order valence-electron chi connectivity index (χ0n) is 9.86. The van der Waals surface area contributed by atoms with E-state index in [-0.39, 0.29) is 6.04 Å². The summed E-state index contributed by atoms with van der Waals surface area (Å²) in [7, 11) is 0. The molecule has 0 amide bonds. The van der Waals surface area contributed by atoms with Crippen LogP contribution in [0.5, 0.6) is 5.75 Å². The molecule has 0 saturated carbocycles. The fourth-order valence-electron chi connectivity index (χ4n) is 2.30. The Bertz CT molecular complexity index is 567. The highest BCUT2D eigenvalue weighted by Gasteiger charge is 2.19. The molecule has 4 heteroatoms. The van der Waals surface area contributed by atoms with E-state index < -0.39 is 0 Å². The summed E-state index contributed by atoms with van der Waals surface area (Å²) in [5.74, 6) is 0.937. The minimum atomic E-state index is 0.210. The monoisotopic (exact) mass is 323 g/mol. The second-order valence-corrected chi connectivity index (χ2v) is 7.05. The van der Waals surface area contributed by atoms with Gasteiger partial charge in [-0.15, -0.1) is 11.3 Å². The van der Waals surface area contributed by atoms with Crippen LogP contribution >= 0.6 is 27.3 Å². The number of ether oxygens (including phenoxy) is 1. The summed E-state index contributed by atoms with van der Waals surface area (Å²) in [6.07, 6.45) is 2.12. The molecule has 0 spiro atoms. The van der Waals surface area contributed by atoms with Gasteiger partial charge in [-0.2, -0.15) is 0 Å². The number of hydrogen-bond donors (Lipinski definition) is 1. The molecule has 1 aliphatic carbocycles. The molecule has 3 rings (SSSR count). The second-order valence-electron chi connectivity index (χ2n) is 4.50. The van der Waals surface area contributed by atoms with Gasteiger partial charge in [0.1, 0.15) is 12.4 Å². The van der Waals surface area contributed by atoms with E-state index >= 15 is 0 Å². The van der Waals surface area contributed by atoms with E-state index in [0.717, 1.165) is 22.4 Å². The van der Waals surface area contributed by atoms with Gasteiger partial charge in [0.25, 0.3) is 0 Å². The number of rotatable bonds is 3. The molecule has 0 unspecified atom stereocenters. The number of benzene rings is 1. The first kappa shape index (κ1) is 12.2. The summed E-state index contributed by atoms with van der Waals surface area (Å²) in [6, 6.07) is 10.6. The van der Waals surface area contributed by atoms with Gasteiger partial charge < -0.3 is 10.5 Å². The van der Waals surface area contributed by atoms with Gasteiger partial charge >= 0.3 is 0 Å². The van der Waals surface area contributed by atoms with Gasteiger partial charge in [-0.05, 0) is 64.2 Å². The fourth-order valence-corrected chi connectivity index (χ4v) is 3.70. The first-order chi connectivity index (χ1) is 8.72. The van der Waals surface area contributed by atoms with Crippen LogP contribution in [0.25, 0.3) is 0 Å². The Morgan fingerprint density at radius 1 is 1.33 bits per heavy atom. The van der Waals surface area contributed by atoms with Crippen LogP contribution in [-0.2, 0) is 13.0 Å². The Morgan fingerprint density at radius 2 is 2.22 bits per heavy atom. The summed E-state index contributed by atoms with van der Waals surface area (Å²) in [4.78, 5) is 1.22. The van der Waals surface area contributed by atoms with Crippen molar-refractivity contribution in [1.82, 2.24) is 0 Å². The van der Waals surface area contributed by atoms with E-state index in [1.165, 1.54) is 16.0 Å². The Balaban J connectivity index is 1.70. The Labute approximate surface area is 119 Å². The summed E-state index contributed by atoms with van der Waals surface area (Å²) in [5, 5.41) is 0. The molecule has 18 heavy (non-hydrogen) atoms. The van der Waals surface area contributed by atoms with Crippen molar-refractivity contribution >= 4 is 27.3 Å². The highest BCUT2D eigenvalue weighted by molar-refractivity contribution is 9.11. The summed E-state index contributed by atoms with van der Waals surface area (Å²) < 4.78 is 6.95. The molecule has 2 nitrogen and oxygen atoms in total. The highest BCUT2D eigenvalue weighted by Crippen LogP contribution is 2.32. The minimum absolute atomic E-state index is 0.210. The summed E-state index contributed by atoms with van der Waals surface area (Å²) in [5.41, 5.74) is 8.64. The third-order valence-electron chi connectivity index (χ3n) is 3.25. The van der Waals surface area contributed by atoms with E-state index in [0.29, 0.717) is 6.61 Å². The lowest BCUT2D eigenvalue weighted by molar-refractivity contribution is 0.309. The van der Waals surface area contributed by atoms with Crippen molar-refractivity contribution in [2.24, 2.45) is 5.73 Å². The third kappa shape index (κ3) is 2.46. The van der Waals surface area contributed by atoms with Crippen molar-refractivity contribution < 1.29 is 4.74 Å². The normalized spacial score (nSPS) is 17.8. The molecule has 0 saturated heterocycles. The smallest absolute Gasteiger partial charge is 0.122 e. The molecule has 94 valence electrons. The van der Waals surface area contributed by atoms with Crippen molar-refractivity contribution in [1.29, 1.82) is 0 Å². The number of thiophene rings is 1. The Morgan fingerprint density at radius 3 is 3.00 bits per heavy atom. The first-order valence-corrected chi connectivity index (χ1v) is 7.59. The van der Waals surface area contributed by atoms with Crippen molar-refractivity contribution in [3.63, 3.8) is 0 Å². The molecular weight excluding hydrogens is 310 g/mol. The first-order valence-electron chi connectivity index (χ1n) is 5.98. The van der Waals surface area contributed by atoms with Crippen LogP contribution in [0.1, 0.15) is 28.5 Å². The van der Waals surface area contributed by atoms with Gasteiger partial charge in [-0.25, -0.2) is 0 Å². The molecule has 1 heterocycles. The van der Waals surface area contributed by atoms with Crippen LogP contribution in [0.15, 0.2) is 34.1 Å². The van der Waals surface area contributed by atoms with Crippen LogP contribution in [-0.4, -0.2) is 0 Å². The molecule has 0 aliphatic heterocycles. The van der Waals surface area contributed by atoms with Crippen LogP contribution in [0.3, 0.4) is 0 Å². The molecule has 0 radical (unpaired) electrons. The highest BCUT2D eigenvalue weighted by atomic mass is 79.9. The van der Waals surface area contributed by atoms with Crippen molar-refractivity contribution in [2.75, 3.05) is 0 Å². The molecular formula is C14H14BrNOS. The van der Waals surface area contributed by atoms with Crippen molar-refractivity contribution in [3.8, 4) is 5.75 Å². The van der Waals surface area contributed by atoms with E-state index in [2.05, 4.69) is 34.1 Å². The average molecular weight is 324 g/mol. The molecule has 2 aromatic rings. The van der Waals surface area contributed by atoms with E-state index in [4.69, 9.17) is 10.5 Å². The van der Waals surface area contributed by atoms with Gasteiger partial charge in [0.05, 0.1) is 3.79 Å². The molecule has 1 atom stereocenters. The molecule has 1 aromatic heterocycles. The number of aryl methyl sites for hydroxylation is 1. The third-order valence-corrected chi connectivity index (χ3v) is 4.85. The van der Waals surface area contributed by atoms with Gasteiger partial charge in [0.2, 0.25) is 0 Å². The largest absolute Gasteiger partial charge is 0.488 e. The van der Waals surface area contributed by atoms with Crippen LogP contribution in [0.2, 0.25) is 0 Å². The molecule has 1 aromatic carbocycles. The van der Waals surface area contributed by atoms with Crippen molar-refractivity contribution in [3.05, 3.63) is 50.1 Å². The number of fused-ring (bicyclic) bond motifs is 1. The lowest BCUT2D eigenvalue weighted by atomic mass is 10.1. The lowest BCUT2D eigenvalue weighted by Gasteiger charge is -2.08. The second kappa shape index (κ2) is 5.03. The lowest BCUT2D eigenvalue weighted by Crippen LogP contribution is -2.04. The van der Waals surface area contributed by atoms with Crippen LogP contribution in [0, 0.1) is 0 Å². The van der Waals surface area contributed by atoms with Gasteiger partial charge in [0, 0.05) is 10.9 Å². The summed E-state index contributed by atoms with van der Waals surface area (Å²) >= 11 is 5.16. The van der Waals surface area contributed by atoms with Gasteiger partial charge in [0.15, 0.2) is 0 Å². The fraction of sp³-hybridized carbons (Fsp3) is 0.286. The topological polar surface area (TPSA) is 35.2 Å². The standard InChI is InChI=1S/C14H14BrNOS/c15-14-6-3-11(18-14)8-17-10-2-4-12-9(7-10)1-5-13(12)16/h2-4,6-7,13H,1,5,8,16H2/t13-/m1/s1. The minimum Gasteiger partial charge on any atom is -0.488 e. The molecule has 2 N–H and O–H groups in total. The van der Waals surface area contributed by atoms with Crippen molar-refractivity contribution in [2.45, 2.75) is 25.5 Å². The predicted octanol–water partition coefficient (Wildman–Crippen LogP) is 4.04. The van der Waals surface area contributed by atoms with E-state index in [1.807, 2.05) is 12.1 Å². The SMILES string of the molecule is N[C@@H]1CCc2cc(OCc3ccc(Br)s3)ccc21. The summed E-state index contributed by atoms with van der Waals surface area (Å²) in [6.45, 7) is 0.626. The zero-order chi connectivity index (χ0) is 12.5. The average Bonchev–Trinajstić information content (AvgIpc) is 2.94. The maximum atomic E-state index is 6.02. The Hall–Kier alpha value is -0.840. The van der Waals surface area contributed by atoms with Gasteiger partial charge in [-0.3, -0.25) is 0 Å². The Kier molecular flexibility index (Phi) is 3.41. The molecule has 1 aliphatic rings. The van der Waals surface area contributed by atoms with E-state index in [9.17, 15) is 0 Å². The van der Waals surface area contributed by atoms with Gasteiger partial charge in [-0.1, -0.05) is 6.07 Å². The number of hydrogen-bond acceptors (Lipinski definition) is 3. The zero-order valence-corrected chi connectivity index (χ0v) is 12.3. The van der Waals surface area contributed by atoms with Crippen LogP contribution < -0.4 is 10.5 Å². The predicted molar refractivity (Wildman–Crippen MR) is 78.0 cm³/mol. The molecule has 0 fully saturated rings.